The smallest absolute Gasteiger partial charge is 0.181 e. The molecule has 2 aromatic rings. The van der Waals surface area contributed by atoms with Gasteiger partial charge in [0.1, 0.15) is 12.0 Å². The standard InChI is InChI=1S/C11H12N2O/c1-13(2)11-6-4-3-5-9(11)10-7-14-8-12-10/h3-8H,1-2H3. The van der Waals surface area contributed by atoms with Crippen molar-refractivity contribution in [1.29, 1.82) is 0 Å². The summed E-state index contributed by atoms with van der Waals surface area (Å²) in [5.41, 5.74) is 3.10. The van der Waals surface area contributed by atoms with Gasteiger partial charge in [-0.2, -0.15) is 0 Å². The van der Waals surface area contributed by atoms with Gasteiger partial charge < -0.3 is 9.32 Å². The number of aromatic nitrogens is 1. The van der Waals surface area contributed by atoms with E-state index in [2.05, 4.69) is 16.0 Å². The van der Waals surface area contributed by atoms with Crippen LogP contribution in [0.25, 0.3) is 11.3 Å². The third-order valence-electron chi connectivity index (χ3n) is 2.09. The Morgan fingerprint density at radius 2 is 2.00 bits per heavy atom. The van der Waals surface area contributed by atoms with Crippen molar-refractivity contribution in [2.24, 2.45) is 0 Å². The largest absolute Gasteiger partial charge is 0.451 e. The van der Waals surface area contributed by atoms with E-state index in [0.717, 1.165) is 16.9 Å². The highest BCUT2D eigenvalue weighted by atomic mass is 16.3. The molecule has 1 aromatic carbocycles. The van der Waals surface area contributed by atoms with E-state index in [4.69, 9.17) is 4.42 Å². The van der Waals surface area contributed by atoms with E-state index in [0.29, 0.717) is 0 Å². The van der Waals surface area contributed by atoms with Crippen molar-refractivity contribution < 1.29 is 4.42 Å². The molecule has 0 N–H and O–H groups in total. The van der Waals surface area contributed by atoms with Gasteiger partial charge in [0.05, 0.1) is 0 Å². The van der Waals surface area contributed by atoms with Crippen molar-refractivity contribution in [3.8, 4) is 11.3 Å². The van der Waals surface area contributed by atoms with E-state index in [1.54, 1.807) is 6.26 Å². The maximum Gasteiger partial charge on any atom is 0.181 e. The van der Waals surface area contributed by atoms with Gasteiger partial charge in [-0.05, 0) is 6.07 Å². The number of hydrogen-bond donors (Lipinski definition) is 0. The molecule has 0 fully saturated rings. The summed E-state index contributed by atoms with van der Waals surface area (Å²) in [6.07, 6.45) is 3.10. The van der Waals surface area contributed by atoms with Crippen LogP contribution in [0.15, 0.2) is 41.3 Å². The fraction of sp³-hybridized carbons (Fsp3) is 0.182. The number of hydrogen-bond acceptors (Lipinski definition) is 3. The fourth-order valence-corrected chi connectivity index (χ4v) is 1.43. The molecule has 0 unspecified atom stereocenters. The minimum absolute atomic E-state index is 0.870. The van der Waals surface area contributed by atoms with E-state index in [1.807, 2.05) is 32.3 Å². The highest BCUT2D eigenvalue weighted by Gasteiger charge is 2.07. The Bertz CT molecular complexity index is 407. The summed E-state index contributed by atoms with van der Waals surface area (Å²) >= 11 is 0. The number of para-hydroxylation sites is 1. The molecule has 72 valence electrons. The molecule has 3 heteroatoms. The van der Waals surface area contributed by atoms with Gasteiger partial charge >= 0.3 is 0 Å². The summed E-state index contributed by atoms with van der Waals surface area (Å²) in [6.45, 7) is 0. The lowest BCUT2D eigenvalue weighted by atomic mass is 10.1. The molecule has 0 aliphatic heterocycles. The average Bonchev–Trinajstić information content (AvgIpc) is 2.70. The first-order chi connectivity index (χ1) is 6.79. The van der Waals surface area contributed by atoms with Crippen molar-refractivity contribution in [3.05, 3.63) is 36.9 Å². The molecule has 2 rings (SSSR count). The maximum absolute atomic E-state index is 4.97. The van der Waals surface area contributed by atoms with Crippen LogP contribution in [0.1, 0.15) is 0 Å². The average molecular weight is 188 g/mol. The molecule has 0 atom stereocenters. The van der Waals surface area contributed by atoms with Crippen molar-refractivity contribution in [3.63, 3.8) is 0 Å². The van der Waals surface area contributed by atoms with E-state index in [-0.39, 0.29) is 0 Å². The minimum atomic E-state index is 0.870. The SMILES string of the molecule is CN(C)c1ccccc1-c1cocn1. The van der Waals surface area contributed by atoms with E-state index < -0.39 is 0 Å². The van der Waals surface area contributed by atoms with Crippen LogP contribution in [-0.2, 0) is 0 Å². The van der Waals surface area contributed by atoms with Crippen molar-refractivity contribution in [2.75, 3.05) is 19.0 Å². The highest BCUT2D eigenvalue weighted by Crippen LogP contribution is 2.27. The van der Waals surface area contributed by atoms with Crippen LogP contribution in [0.4, 0.5) is 5.69 Å². The second-order valence-electron chi connectivity index (χ2n) is 3.29. The Hall–Kier alpha value is -1.77. The molecule has 14 heavy (non-hydrogen) atoms. The van der Waals surface area contributed by atoms with Gasteiger partial charge in [-0.1, -0.05) is 18.2 Å². The molecule has 3 nitrogen and oxygen atoms in total. The van der Waals surface area contributed by atoms with Gasteiger partial charge in [0.25, 0.3) is 0 Å². The third kappa shape index (κ3) is 1.48. The Labute approximate surface area is 83.0 Å². The lowest BCUT2D eigenvalue weighted by molar-refractivity contribution is 0.558. The molecule has 0 radical (unpaired) electrons. The summed E-state index contributed by atoms with van der Waals surface area (Å²) in [6, 6.07) is 8.10. The van der Waals surface area contributed by atoms with E-state index in [9.17, 15) is 0 Å². The van der Waals surface area contributed by atoms with Crippen LogP contribution in [0, 0.1) is 0 Å². The van der Waals surface area contributed by atoms with Crippen LogP contribution < -0.4 is 4.90 Å². The first-order valence-electron chi connectivity index (χ1n) is 4.44. The maximum atomic E-state index is 4.97. The molecule has 0 aliphatic carbocycles. The zero-order valence-electron chi connectivity index (χ0n) is 8.27. The Balaban J connectivity index is 2.53. The van der Waals surface area contributed by atoms with E-state index in [1.165, 1.54) is 6.39 Å². The van der Waals surface area contributed by atoms with Crippen LogP contribution >= 0.6 is 0 Å². The molecule has 0 amide bonds. The second-order valence-corrected chi connectivity index (χ2v) is 3.29. The highest BCUT2D eigenvalue weighted by molar-refractivity contribution is 5.75. The first-order valence-corrected chi connectivity index (χ1v) is 4.44. The molecule has 0 spiro atoms. The summed E-state index contributed by atoms with van der Waals surface area (Å²) in [5, 5.41) is 0. The number of nitrogens with zero attached hydrogens (tertiary/aromatic N) is 2. The third-order valence-corrected chi connectivity index (χ3v) is 2.09. The number of benzene rings is 1. The molecular weight excluding hydrogens is 176 g/mol. The minimum Gasteiger partial charge on any atom is -0.451 e. The van der Waals surface area contributed by atoms with Crippen LogP contribution in [0.3, 0.4) is 0 Å². The summed E-state index contributed by atoms with van der Waals surface area (Å²) in [7, 11) is 4.03. The van der Waals surface area contributed by atoms with Gasteiger partial charge in [0.2, 0.25) is 0 Å². The lowest BCUT2D eigenvalue weighted by Crippen LogP contribution is -2.09. The molecule has 0 saturated heterocycles. The Morgan fingerprint density at radius 1 is 1.21 bits per heavy atom. The van der Waals surface area contributed by atoms with Gasteiger partial charge in [-0.25, -0.2) is 4.98 Å². The van der Waals surface area contributed by atoms with Gasteiger partial charge in [-0.3, -0.25) is 0 Å². The van der Waals surface area contributed by atoms with Crippen LogP contribution in [-0.4, -0.2) is 19.1 Å². The molecule has 0 saturated carbocycles. The van der Waals surface area contributed by atoms with Crippen molar-refractivity contribution in [1.82, 2.24) is 4.98 Å². The number of anilines is 1. The second kappa shape index (κ2) is 3.54. The number of rotatable bonds is 2. The predicted octanol–water partition coefficient (Wildman–Crippen LogP) is 2.41. The molecule has 1 aromatic heterocycles. The van der Waals surface area contributed by atoms with Crippen LogP contribution in [0.5, 0.6) is 0 Å². The fourth-order valence-electron chi connectivity index (χ4n) is 1.43. The lowest BCUT2D eigenvalue weighted by Gasteiger charge is -2.15. The Morgan fingerprint density at radius 3 is 2.64 bits per heavy atom. The summed E-state index contributed by atoms with van der Waals surface area (Å²) < 4.78 is 4.97. The topological polar surface area (TPSA) is 29.3 Å². The quantitative estimate of drug-likeness (QED) is 0.724. The van der Waals surface area contributed by atoms with Gasteiger partial charge in [0.15, 0.2) is 6.39 Å². The molecule has 1 heterocycles. The zero-order valence-corrected chi connectivity index (χ0v) is 8.27. The normalized spacial score (nSPS) is 10.1. The van der Waals surface area contributed by atoms with Gasteiger partial charge in [0, 0.05) is 25.3 Å². The Kier molecular flexibility index (Phi) is 2.23. The monoisotopic (exact) mass is 188 g/mol. The summed E-state index contributed by atoms with van der Waals surface area (Å²) in [4.78, 5) is 6.20. The summed E-state index contributed by atoms with van der Waals surface area (Å²) in [5.74, 6) is 0. The van der Waals surface area contributed by atoms with Crippen molar-refractivity contribution in [2.45, 2.75) is 0 Å². The molecular formula is C11H12N2O. The van der Waals surface area contributed by atoms with Crippen molar-refractivity contribution >= 4 is 5.69 Å². The first kappa shape index (κ1) is 8.81. The zero-order chi connectivity index (χ0) is 9.97. The van der Waals surface area contributed by atoms with E-state index >= 15 is 0 Å². The molecule has 0 bridgehead atoms. The predicted molar refractivity (Wildman–Crippen MR) is 56.3 cm³/mol. The number of oxazole rings is 1. The molecule has 0 aliphatic rings. The van der Waals surface area contributed by atoms with Gasteiger partial charge in [-0.15, -0.1) is 0 Å². The van der Waals surface area contributed by atoms with Crippen LogP contribution in [0.2, 0.25) is 0 Å².